The fourth-order valence-corrected chi connectivity index (χ4v) is 4.49. The summed E-state index contributed by atoms with van der Waals surface area (Å²) >= 11 is 0. The van der Waals surface area contributed by atoms with Crippen molar-refractivity contribution >= 4 is 15.9 Å². The second-order valence-corrected chi connectivity index (χ2v) is 9.22. The summed E-state index contributed by atoms with van der Waals surface area (Å²) in [5, 5.41) is 0. The molecule has 2 saturated heterocycles. The van der Waals surface area contributed by atoms with Gasteiger partial charge in [-0.3, -0.25) is 14.7 Å². The lowest BCUT2D eigenvalue weighted by Crippen LogP contribution is -2.46. The standard InChI is InChI=1S/C18H28N4O4S/c1-27(24,25)22-7-6-21(18(23)15-20-8-10-26-11-9-20)13-16(14-22)12-17-4-2-3-5-19-17/h2-5,16H,6-15H2,1H3/t16-/m1/s1. The number of aromatic nitrogens is 1. The maximum absolute atomic E-state index is 12.8. The number of morpholine rings is 1. The summed E-state index contributed by atoms with van der Waals surface area (Å²) in [4.78, 5) is 21.1. The van der Waals surface area contributed by atoms with Gasteiger partial charge < -0.3 is 9.64 Å². The normalized spacial score (nSPS) is 23.1. The van der Waals surface area contributed by atoms with Crippen LogP contribution in [0, 0.1) is 5.92 Å². The highest BCUT2D eigenvalue weighted by molar-refractivity contribution is 7.88. The van der Waals surface area contributed by atoms with Gasteiger partial charge >= 0.3 is 0 Å². The lowest BCUT2D eigenvalue weighted by Gasteiger charge is -2.30. The predicted molar refractivity (Wildman–Crippen MR) is 102 cm³/mol. The first kappa shape index (κ1) is 20.2. The highest BCUT2D eigenvalue weighted by atomic mass is 32.2. The molecule has 1 amide bonds. The SMILES string of the molecule is CS(=O)(=O)N1CCN(C(=O)CN2CCOCC2)C[C@@H](Cc2ccccn2)C1. The average Bonchev–Trinajstić information content (AvgIpc) is 2.86. The van der Waals surface area contributed by atoms with Crippen LogP contribution in [0.2, 0.25) is 0 Å². The number of nitrogens with zero attached hydrogens (tertiary/aromatic N) is 4. The van der Waals surface area contributed by atoms with Gasteiger partial charge in [0.25, 0.3) is 0 Å². The van der Waals surface area contributed by atoms with Gasteiger partial charge in [0.15, 0.2) is 0 Å². The van der Waals surface area contributed by atoms with E-state index in [1.165, 1.54) is 10.6 Å². The number of ether oxygens (including phenoxy) is 1. The van der Waals surface area contributed by atoms with E-state index in [0.29, 0.717) is 52.4 Å². The second kappa shape index (κ2) is 9.09. The summed E-state index contributed by atoms with van der Waals surface area (Å²) in [5.74, 6) is 0.0732. The van der Waals surface area contributed by atoms with E-state index in [0.717, 1.165) is 18.8 Å². The van der Waals surface area contributed by atoms with Gasteiger partial charge in [-0.15, -0.1) is 0 Å². The smallest absolute Gasteiger partial charge is 0.236 e. The first-order valence-electron chi connectivity index (χ1n) is 9.35. The Bertz CT molecular complexity index is 722. The Morgan fingerprint density at radius 2 is 1.96 bits per heavy atom. The van der Waals surface area contributed by atoms with Crippen LogP contribution in [0.4, 0.5) is 0 Å². The predicted octanol–water partition coefficient (Wildman–Crippen LogP) is -0.324. The van der Waals surface area contributed by atoms with Crippen molar-refractivity contribution in [3.8, 4) is 0 Å². The molecule has 3 rings (SSSR count). The van der Waals surface area contributed by atoms with Crippen molar-refractivity contribution in [1.29, 1.82) is 0 Å². The molecule has 3 heterocycles. The molecule has 27 heavy (non-hydrogen) atoms. The van der Waals surface area contributed by atoms with Crippen molar-refractivity contribution in [2.24, 2.45) is 5.92 Å². The molecule has 1 aromatic rings. The third kappa shape index (κ3) is 5.97. The van der Waals surface area contributed by atoms with Crippen molar-refractivity contribution in [2.75, 3.05) is 65.3 Å². The molecule has 2 aliphatic rings. The molecule has 0 radical (unpaired) electrons. The zero-order valence-electron chi connectivity index (χ0n) is 15.8. The lowest BCUT2D eigenvalue weighted by molar-refractivity contribution is -0.133. The van der Waals surface area contributed by atoms with Crippen molar-refractivity contribution in [1.82, 2.24) is 19.1 Å². The maximum Gasteiger partial charge on any atom is 0.236 e. The number of rotatable bonds is 5. The maximum atomic E-state index is 12.8. The fraction of sp³-hybridized carbons (Fsp3) is 0.667. The van der Waals surface area contributed by atoms with Crippen LogP contribution in [0.15, 0.2) is 24.4 Å². The average molecular weight is 397 g/mol. The van der Waals surface area contributed by atoms with E-state index in [1.54, 1.807) is 6.20 Å². The van der Waals surface area contributed by atoms with Crippen molar-refractivity contribution < 1.29 is 17.9 Å². The number of hydrogen-bond donors (Lipinski definition) is 0. The van der Waals surface area contributed by atoms with E-state index in [9.17, 15) is 13.2 Å². The Balaban J connectivity index is 1.69. The monoisotopic (exact) mass is 396 g/mol. The van der Waals surface area contributed by atoms with E-state index in [1.807, 2.05) is 23.1 Å². The fourth-order valence-electron chi connectivity index (χ4n) is 3.59. The molecule has 0 N–H and O–H groups in total. The van der Waals surface area contributed by atoms with Crippen LogP contribution in [-0.4, -0.2) is 98.7 Å². The summed E-state index contributed by atoms with van der Waals surface area (Å²) in [6, 6.07) is 5.72. The molecule has 8 nitrogen and oxygen atoms in total. The van der Waals surface area contributed by atoms with Crippen LogP contribution < -0.4 is 0 Å². The molecule has 0 saturated carbocycles. The number of sulfonamides is 1. The van der Waals surface area contributed by atoms with E-state index >= 15 is 0 Å². The Kier molecular flexibility index (Phi) is 6.80. The Morgan fingerprint density at radius 1 is 1.19 bits per heavy atom. The van der Waals surface area contributed by atoms with E-state index < -0.39 is 10.0 Å². The molecule has 0 aromatic carbocycles. The third-order valence-electron chi connectivity index (χ3n) is 5.07. The molecule has 0 bridgehead atoms. The highest BCUT2D eigenvalue weighted by Gasteiger charge is 2.30. The summed E-state index contributed by atoms with van der Waals surface area (Å²) in [5.41, 5.74) is 0.915. The molecular weight excluding hydrogens is 368 g/mol. The van der Waals surface area contributed by atoms with Crippen molar-refractivity contribution in [3.63, 3.8) is 0 Å². The minimum Gasteiger partial charge on any atom is -0.379 e. The zero-order valence-corrected chi connectivity index (χ0v) is 16.6. The molecule has 0 aliphatic carbocycles. The van der Waals surface area contributed by atoms with Gasteiger partial charge in [-0.1, -0.05) is 6.07 Å². The number of amides is 1. The van der Waals surface area contributed by atoms with E-state index in [4.69, 9.17) is 4.74 Å². The van der Waals surface area contributed by atoms with E-state index in [2.05, 4.69) is 9.88 Å². The van der Waals surface area contributed by atoms with Crippen LogP contribution in [0.25, 0.3) is 0 Å². The summed E-state index contributed by atoms with van der Waals surface area (Å²) in [6.07, 6.45) is 3.62. The summed E-state index contributed by atoms with van der Waals surface area (Å²) in [6.45, 7) is 4.90. The largest absolute Gasteiger partial charge is 0.379 e. The number of pyridine rings is 1. The van der Waals surface area contributed by atoms with Crippen LogP contribution in [0.3, 0.4) is 0 Å². The van der Waals surface area contributed by atoms with Crippen LogP contribution >= 0.6 is 0 Å². The summed E-state index contributed by atoms with van der Waals surface area (Å²) < 4.78 is 31.1. The number of carbonyl (C=O) groups excluding carboxylic acids is 1. The van der Waals surface area contributed by atoms with Gasteiger partial charge in [0.1, 0.15) is 0 Å². The lowest BCUT2D eigenvalue weighted by atomic mass is 10.0. The molecule has 2 fully saturated rings. The quantitative estimate of drug-likeness (QED) is 0.678. The third-order valence-corrected chi connectivity index (χ3v) is 6.34. The first-order valence-corrected chi connectivity index (χ1v) is 11.2. The molecule has 0 unspecified atom stereocenters. The molecule has 1 aromatic heterocycles. The van der Waals surface area contributed by atoms with Gasteiger partial charge in [-0.25, -0.2) is 12.7 Å². The Hall–Kier alpha value is -1.55. The van der Waals surface area contributed by atoms with E-state index in [-0.39, 0.29) is 11.8 Å². The van der Waals surface area contributed by atoms with Crippen LogP contribution in [0.5, 0.6) is 0 Å². The Morgan fingerprint density at radius 3 is 2.63 bits per heavy atom. The minimum absolute atomic E-state index is 0.0192. The van der Waals surface area contributed by atoms with Gasteiger partial charge in [0, 0.05) is 51.2 Å². The van der Waals surface area contributed by atoms with Crippen LogP contribution in [0.1, 0.15) is 5.69 Å². The van der Waals surface area contributed by atoms with Gasteiger partial charge in [0.05, 0.1) is 26.0 Å². The molecule has 1 atom stereocenters. The molecular formula is C18H28N4O4S. The van der Waals surface area contributed by atoms with Crippen LogP contribution in [-0.2, 0) is 26.0 Å². The highest BCUT2D eigenvalue weighted by Crippen LogP contribution is 2.17. The van der Waals surface area contributed by atoms with Gasteiger partial charge in [-0.2, -0.15) is 0 Å². The molecule has 150 valence electrons. The second-order valence-electron chi connectivity index (χ2n) is 7.24. The van der Waals surface area contributed by atoms with Gasteiger partial charge in [0.2, 0.25) is 15.9 Å². The topological polar surface area (TPSA) is 83.1 Å². The molecule has 0 spiro atoms. The van der Waals surface area contributed by atoms with Crippen molar-refractivity contribution in [2.45, 2.75) is 6.42 Å². The zero-order chi connectivity index (χ0) is 19.3. The molecule has 2 aliphatic heterocycles. The Labute approximate surface area is 161 Å². The summed E-state index contributed by atoms with van der Waals surface area (Å²) in [7, 11) is -3.30. The number of carbonyl (C=O) groups is 1. The first-order chi connectivity index (χ1) is 12.9. The van der Waals surface area contributed by atoms with Gasteiger partial charge in [-0.05, 0) is 24.5 Å². The van der Waals surface area contributed by atoms with Crippen molar-refractivity contribution in [3.05, 3.63) is 30.1 Å². The minimum atomic E-state index is -3.30. The number of hydrogen-bond acceptors (Lipinski definition) is 6. The molecule has 9 heteroatoms.